The number of hydrogen-bond donors (Lipinski definition) is 1. The van der Waals surface area contributed by atoms with E-state index in [1.165, 1.54) is 11.1 Å². The van der Waals surface area contributed by atoms with Gasteiger partial charge < -0.3 is 19.6 Å². The van der Waals surface area contributed by atoms with Crippen LogP contribution in [0.4, 0.5) is 0 Å². The largest absolute Gasteiger partial charge is 0.459 e. The predicted octanol–water partition coefficient (Wildman–Crippen LogP) is 3.97. The maximum atomic E-state index is 5.88. The summed E-state index contributed by atoms with van der Waals surface area (Å²) in [6, 6.07) is 14.4. The molecule has 4 heteroatoms. The van der Waals surface area contributed by atoms with E-state index in [4.69, 9.17) is 19.6 Å². The van der Waals surface area contributed by atoms with E-state index in [9.17, 15) is 0 Å². The van der Waals surface area contributed by atoms with Gasteiger partial charge in [-0.1, -0.05) is 18.2 Å². The first-order valence-electron chi connectivity index (χ1n) is 7.85. The molecule has 0 saturated heterocycles. The van der Waals surface area contributed by atoms with Gasteiger partial charge in [0, 0.05) is 5.39 Å². The maximum Gasteiger partial charge on any atom is 0.231 e. The summed E-state index contributed by atoms with van der Waals surface area (Å²) in [6.45, 7) is 2.24. The lowest BCUT2D eigenvalue weighted by Gasteiger charge is -2.04. The fourth-order valence-electron chi connectivity index (χ4n) is 2.86. The van der Waals surface area contributed by atoms with E-state index in [-0.39, 0.29) is 6.04 Å². The zero-order valence-electron chi connectivity index (χ0n) is 13.0. The van der Waals surface area contributed by atoms with Crippen LogP contribution in [0.1, 0.15) is 29.9 Å². The van der Waals surface area contributed by atoms with Gasteiger partial charge in [-0.15, -0.1) is 0 Å². The minimum Gasteiger partial charge on any atom is -0.459 e. The van der Waals surface area contributed by atoms with Gasteiger partial charge in [-0.3, -0.25) is 0 Å². The van der Waals surface area contributed by atoms with Crippen molar-refractivity contribution in [1.82, 2.24) is 0 Å². The van der Waals surface area contributed by atoms with Gasteiger partial charge in [-0.2, -0.15) is 0 Å². The van der Waals surface area contributed by atoms with Crippen molar-refractivity contribution in [1.29, 1.82) is 0 Å². The van der Waals surface area contributed by atoms with Crippen molar-refractivity contribution in [2.45, 2.75) is 25.8 Å². The van der Waals surface area contributed by atoms with Crippen molar-refractivity contribution in [3.05, 3.63) is 59.4 Å². The van der Waals surface area contributed by atoms with Crippen LogP contribution in [0.3, 0.4) is 0 Å². The van der Waals surface area contributed by atoms with Crippen molar-refractivity contribution in [3.8, 4) is 11.5 Å². The van der Waals surface area contributed by atoms with Gasteiger partial charge in [0.25, 0.3) is 0 Å². The van der Waals surface area contributed by atoms with Crippen LogP contribution in [0.5, 0.6) is 11.5 Å². The highest BCUT2D eigenvalue weighted by Crippen LogP contribution is 2.33. The van der Waals surface area contributed by atoms with E-state index >= 15 is 0 Å². The molecule has 118 valence electrons. The first-order chi connectivity index (χ1) is 11.2. The van der Waals surface area contributed by atoms with E-state index in [2.05, 4.69) is 30.3 Å². The normalized spacial score (nSPS) is 14.3. The van der Waals surface area contributed by atoms with Gasteiger partial charge in [0.2, 0.25) is 6.79 Å². The van der Waals surface area contributed by atoms with E-state index in [1.807, 2.05) is 19.1 Å². The number of rotatable bonds is 4. The summed E-state index contributed by atoms with van der Waals surface area (Å²) in [5.74, 6) is 2.49. The quantitative estimate of drug-likeness (QED) is 0.792. The Bertz CT molecular complexity index is 851. The fraction of sp³-hybridized carbons (Fsp3) is 0.263. The van der Waals surface area contributed by atoms with Crippen LogP contribution in [0, 0.1) is 0 Å². The van der Waals surface area contributed by atoms with Crippen molar-refractivity contribution < 1.29 is 13.9 Å². The molecule has 3 aromatic rings. The number of fused-ring (bicyclic) bond motifs is 2. The van der Waals surface area contributed by atoms with E-state index in [0.29, 0.717) is 6.79 Å². The van der Waals surface area contributed by atoms with Crippen LogP contribution >= 0.6 is 0 Å². The van der Waals surface area contributed by atoms with Crippen molar-refractivity contribution in [2.75, 3.05) is 6.79 Å². The second kappa shape index (κ2) is 5.63. The number of nitrogens with two attached hydrogens (primary N) is 1. The van der Waals surface area contributed by atoms with Gasteiger partial charge in [0.1, 0.15) is 11.3 Å². The number of furan rings is 1. The Morgan fingerprint density at radius 1 is 0.957 bits per heavy atom. The topological polar surface area (TPSA) is 57.6 Å². The van der Waals surface area contributed by atoms with Crippen LogP contribution in [-0.4, -0.2) is 6.79 Å². The van der Waals surface area contributed by atoms with Crippen molar-refractivity contribution >= 4 is 11.0 Å². The van der Waals surface area contributed by atoms with Gasteiger partial charge in [0.05, 0.1) is 6.04 Å². The summed E-state index contributed by atoms with van der Waals surface area (Å²) in [4.78, 5) is 0. The summed E-state index contributed by atoms with van der Waals surface area (Å²) < 4.78 is 16.6. The second-order valence-electron chi connectivity index (χ2n) is 6.00. The van der Waals surface area contributed by atoms with E-state index in [1.54, 1.807) is 0 Å². The molecule has 1 aliphatic heterocycles. The lowest BCUT2D eigenvalue weighted by molar-refractivity contribution is 0.174. The number of benzene rings is 2. The Morgan fingerprint density at radius 3 is 2.52 bits per heavy atom. The summed E-state index contributed by atoms with van der Waals surface area (Å²) in [7, 11) is 0. The summed E-state index contributed by atoms with van der Waals surface area (Å²) in [6.07, 6.45) is 1.90. The van der Waals surface area contributed by atoms with Crippen LogP contribution in [0.25, 0.3) is 11.0 Å². The average Bonchev–Trinajstić information content (AvgIpc) is 3.18. The number of ether oxygens (including phenoxy) is 2. The molecule has 23 heavy (non-hydrogen) atoms. The van der Waals surface area contributed by atoms with Gasteiger partial charge in [-0.05, 0) is 55.2 Å². The van der Waals surface area contributed by atoms with Crippen molar-refractivity contribution in [2.24, 2.45) is 5.73 Å². The van der Waals surface area contributed by atoms with Crippen LogP contribution < -0.4 is 15.2 Å². The van der Waals surface area contributed by atoms with Crippen LogP contribution in [0.2, 0.25) is 0 Å². The molecule has 0 aliphatic carbocycles. The minimum absolute atomic E-state index is 0.0838. The molecule has 1 aromatic heterocycles. The molecule has 2 heterocycles. The summed E-state index contributed by atoms with van der Waals surface area (Å²) in [5, 5.41) is 1.10. The molecule has 0 saturated carbocycles. The predicted molar refractivity (Wildman–Crippen MR) is 88.8 cm³/mol. The Labute approximate surface area is 134 Å². The van der Waals surface area contributed by atoms with Crippen molar-refractivity contribution in [3.63, 3.8) is 0 Å². The first-order valence-corrected chi connectivity index (χ1v) is 7.85. The van der Waals surface area contributed by atoms with E-state index < -0.39 is 0 Å². The third-order valence-corrected chi connectivity index (χ3v) is 4.19. The first kappa shape index (κ1) is 14.2. The van der Waals surface area contributed by atoms with Gasteiger partial charge >= 0.3 is 0 Å². The Hall–Kier alpha value is -2.46. The lowest BCUT2D eigenvalue weighted by atomic mass is 10.0. The van der Waals surface area contributed by atoms with Gasteiger partial charge in [0.15, 0.2) is 11.5 Å². The molecule has 4 nitrogen and oxygen atoms in total. The lowest BCUT2D eigenvalue weighted by Crippen LogP contribution is -2.02. The SMILES string of the molecule is CC(N)c1cc2ccc(CCc3ccc4c(c3)OCO4)cc2o1. The molecular formula is C19H19NO3. The monoisotopic (exact) mass is 309 g/mol. The molecule has 0 amide bonds. The smallest absolute Gasteiger partial charge is 0.231 e. The second-order valence-corrected chi connectivity index (χ2v) is 6.00. The highest BCUT2D eigenvalue weighted by Gasteiger charge is 2.13. The maximum absolute atomic E-state index is 5.88. The number of hydrogen-bond acceptors (Lipinski definition) is 4. The Morgan fingerprint density at radius 2 is 1.70 bits per heavy atom. The molecule has 0 fully saturated rings. The molecule has 0 radical (unpaired) electrons. The highest BCUT2D eigenvalue weighted by atomic mass is 16.7. The fourth-order valence-corrected chi connectivity index (χ4v) is 2.86. The highest BCUT2D eigenvalue weighted by molar-refractivity contribution is 5.78. The van der Waals surface area contributed by atoms with E-state index in [0.717, 1.165) is 41.1 Å². The average molecular weight is 309 g/mol. The standard InChI is InChI=1S/C19H19NO3/c1-12(20)17-10-15-6-4-13(8-18(15)23-17)2-3-14-5-7-16-19(9-14)22-11-21-16/h4-10,12H,2-3,11,20H2,1H3. The molecule has 4 rings (SSSR count). The zero-order chi connectivity index (χ0) is 15.8. The Kier molecular flexibility index (Phi) is 3.46. The molecule has 1 unspecified atom stereocenters. The molecule has 0 bridgehead atoms. The summed E-state index contributed by atoms with van der Waals surface area (Å²) >= 11 is 0. The number of aryl methyl sites for hydroxylation is 2. The third-order valence-electron chi connectivity index (χ3n) is 4.19. The molecule has 2 aromatic carbocycles. The molecule has 1 atom stereocenters. The van der Waals surface area contributed by atoms with Crippen LogP contribution in [-0.2, 0) is 12.8 Å². The minimum atomic E-state index is -0.0838. The Balaban J connectivity index is 1.51. The molecular weight excluding hydrogens is 290 g/mol. The zero-order valence-corrected chi connectivity index (χ0v) is 13.0. The third kappa shape index (κ3) is 2.78. The molecule has 1 aliphatic rings. The van der Waals surface area contributed by atoms with Gasteiger partial charge in [-0.25, -0.2) is 0 Å². The van der Waals surface area contributed by atoms with Crippen LogP contribution in [0.15, 0.2) is 46.9 Å². The summed E-state index contributed by atoms with van der Waals surface area (Å²) in [5.41, 5.74) is 9.27. The molecule has 0 spiro atoms. The molecule has 2 N–H and O–H groups in total.